The molecule has 4 rings (SSSR count). The zero-order valence-corrected chi connectivity index (χ0v) is 13.5. The van der Waals surface area contributed by atoms with Crippen molar-refractivity contribution in [3.8, 4) is 0 Å². The summed E-state index contributed by atoms with van der Waals surface area (Å²) in [5, 5.41) is 4.08. The quantitative estimate of drug-likeness (QED) is 0.471. The number of H-pyrrole nitrogens is 1. The van der Waals surface area contributed by atoms with Gasteiger partial charge in [-0.3, -0.25) is 0 Å². The fourth-order valence-corrected chi connectivity index (χ4v) is 6.09. The lowest BCUT2D eigenvalue weighted by Gasteiger charge is -2.26. The summed E-state index contributed by atoms with van der Waals surface area (Å²) in [6, 6.07) is 13.4. The summed E-state index contributed by atoms with van der Waals surface area (Å²) >= 11 is 1.94. The van der Waals surface area contributed by atoms with Crippen molar-refractivity contribution in [2.45, 2.75) is 4.90 Å². The molecule has 3 heteroatoms. The molecule has 102 valence electrons. The first-order chi connectivity index (χ1) is 9.55. The highest BCUT2D eigenvalue weighted by Crippen LogP contribution is 2.52. The third kappa shape index (κ3) is 1.63. The van der Waals surface area contributed by atoms with E-state index in [9.17, 15) is 0 Å². The van der Waals surface area contributed by atoms with Gasteiger partial charge in [-0.25, -0.2) is 10.0 Å². The molecule has 0 aliphatic rings. The zero-order valence-electron chi connectivity index (χ0n) is 11.9. The molecule has 0 fully saturated rings. The Balaban J connectivity index is 2.23. The number of nitrogens with one attached hydrogen (secondary N) is 1. The summed E-state index contributed by atoms with van der Waals surface area (Å²) in [7, 11) is -0.717. The van der Waals surface area contributed by atoms with Crippen molar-refractivity contribution in [1.82, 2.24) is 4.98 Å². The van der Waals surface area contributed by atoms with Crippen molar-refractivity contribution in [3.63, 3.8) is 0 Å². The highest BCUT2D eigenvalue weighted by Gasteiger charge is 2.16. The average Bonchev–Trinajstić information content (AvgIpc) is 3.00. The largest absolute Gasteiger partial charge is 0.360 e. The Labute approximate surface area is 123 Å². The summed E-state index contributed by atoms with van der Waals surface area (Å²) in [4.78, 5) is 4.92. The number of hydrogen-bond acceptors (Lipinski definition) is 1. The second kappa shape index (κ2) is 4.03. The van der Waals surface area contributed by atoms with E-state index in [0.29, 0.717) is 0 Å². The van der Waals surface area contributed by atoms with Crippen LogP contribution in [0.1, 0.15) is 0 Å². The first-order valence-electron chi connectivity index (χ1n) is 6.65. The van der Waals surface area contributed by atoms with Gasteiger partial charge < -0.3 is 4.98 Å². The van der Waals surface area contributed by atoms with Crippen molar-refractivity contribution < 1.29 is 0 Å². The average molecular weight is 299 g/mol. The van der Waals surface area contributed by atoms with Gasteiger partial charge in [-0.2, -0.15) is 0 Å². The van der Waals surface area contributed by atoms with E-state index in [-0.39, 0.29) is 0 Å². The lowest BCUT2D eigenvalue weighted by atomic mass is 10.1. The van der Waals surface area contributed by atoms with Crippen LogP contribution >= 0.6 is 21.4 Å². The van der Waals surface area contributed by atoms with Crippen LogP contribution in [0.5, 0.6) is 0 Å². The van der Waals surface area contributed by atoms with E-state index >= 15 is 0 Å². The normalized spacial score (nSPS) is 13.6. The standard InChI is InChI=1S/C17H17NS2/c1-20(2,3)14-6-4-5-12-13-8-7-11-9-10-18-15(11)17(13)19-16(12)14/h4-10,18H,1-3H3. The molecule has 2 aromatic carbocycles. The topological polar surface area (TPSA) is 15.8 Å². The molecule has 0 spiro atoms. The van der Waals surface area contributed by atoms with E-state index in [1.165, 1.54) is 36.0 Å². The molecule has 1 N–H and O–H groups in total. The fourth-order valence-electron chi connectivity index (χ4n) is 2.84. The maximum atomic E-state index is 3.40. The van der Waals surface area contributed by atoms with Crippen molar-refractivity contribution >= 4 is 52.4 Å². The number of fused-ring (bicyclic) bond motifs is 5. The third-order valence-electron chi connectivity index (χ3n) is 3.81. The molecule has 0 saturated carbocycles. The minimum absolute atomic E-state index is 0.717. The summed E-state index contributed by atoms with van der Waals surface area (Å²) in [5.41, 5.74) is 1.28. The van der Waals surface area contributed by atoms with Crippen LogP contribution in [0.2, 0.25) is 0 Å². The Morgan fingerprint density at radius 1 is 0.900 bits per heavy atom. The second-order valence-corrected chi connectivity index (χ2v) is 11.1. The van der Waals surface area contributed by atoms with Crippen LogP contribution < -0.4 is 0 Å². The van der Waals surface area contributed by atoms with E-state index in [0.717, 1.165) is 0 Å². The first-order valence-corrected chi connectivity index (χ1v) is 10.3. The Hall–Kier alpha value is -1.45. The van der Waals surface area contributed by atoms with Gasteiger partial charge in [0, 0.05) is 32.0 Å². The molecule has 0 radical (unpaired) electrons. The summed E-state index contributed by atoms with van der Waals surface area (Å²) < 4.78 is 2.85. The summed E-state index contributed by atoms with van der Waals surface area (Å²) in [5.74, 6) is 0. The number of aromatic amines is 1. The van der Waals surface area contributed by atoms with Crippen LogP contribution in [0.4, 0.5) is 0 Å². The minimum Gasteiger partial charge on any atom is -0.360 e. The Bertz CT molecular complexity index is 938. The second-order valence-electron chi connectivity index (χ2n) is 5.96. The molecule has 0 atom stereocenters. The van der Waals surface area contributed by atoms with Gasteiger partial charge in [-0.1, -0.05) is 24.3 Å². The van der Waals surface area contributed by atoms with Crippen LogP contribution in [0, 0.1) is 0 Å². The molecule has 4 aromatic rings. The molecule has 1 nitrogen and oxygen atoms in total. The van der Waals surface area contributed by atoms with Crippen LogP contribution in [0.3, 0.4) is 0 Å². The molecule has 0 unspecified atom stereocenters. The van der Waals surface area contributed by atoms with Gasteiger partial charge >= 0.3 is 0 Å². The van der Waals surface area contributed by atoms with Crippen LogP contribution in [0.25, 0.3) is 31.1 Å². The van der Waals surface area contributed by atoms with Gasteiger partial charge in [0.1, 0.15) is 0 Å². The van der Waals surface area contributed by atoms with E-state index in [4.69, 9.17) is 0 Å². The Morgan fingerprint density at radius 3 is 2.50 bits per heavy atom. The number of rotatable bonds is 1. The number of aromatic nitrogens is 1. The molecule has 0 amide bonds. The minimum atomic E-state index is -0.717. The van der Waals surface area contributed by atoms with E-state index in [1.807, 2.05) is 17.5 Å². The highest BCUT2D eigenvalue weighted by atomic mass is 32.3. The molecular formula is C17H17NS2. The van der Waals surface area contributed by atoms with Crippen LogP contribution in [-0.4, -0.2) is 23.8 Å². The summed E-state index contributed by atoms with van der Waals surface area (Å²) in [6.07, 6.45) is 9.15. The molecule has 20 heavy (non-hydrogen) atoms. The van der Waals surface area contributed by atoms with E-state index in [2.05, 4.69) is 60.1 Å². The lowest BCUT2D eigenvalue weighted by molar-refractivity contribution is 1.50. The van der Waals surface area contributed by atoms with Crippen molar-refractivity contribution in [2.24, 2.45) is 0 Å². The van der Waals surface area contributed by atoms with Gasteiger partial charge in [-0.15, -0.1) is 11.3 Å². The molecule has 2 aromatic heterocycles. The molecule has 0 aliphatic carbocycles. The van der Waals surface area contributed by atoms with E-state index < -0.39 is 10.0 Å². The maximum Gasteiger partial charge on any atom is 0.0635 e. The number of hydrogen-bond donors (Lipinski definition) is 1. The van der Waals surface area contributed by atoms with Crippen LogP contribution in [0.15, 0.2) is 47.5 Å². The molecule has 0 aliphatic heterocycles. The van der Waals surface area contributed by atoms with Crippen LogP contribution in [-0.2, 0) is 0 Å². The predicted octanol–water partition coefficient (Wildman–Crippen LogP) is 5.59. The number of benzene rings is 2. The smallest absolute Gasteiger partial charge is 0.0635 e. The Morgan fingerprint density at radius 2 is 1.70 bits per heavy atom. The van der Waals surface area contributed by atoms with Crippen molar-refractivity contribution in [2.75, 3.05) is 18.8 Å². The lowest BCUT2D eigenvalue weighted by Crippen LogP contribution is -1.92. The highest BCUT2D eigenvalue weighted by molar-refractivity contribution is 8.32. The van der Waals surface area contributed by atoms with Gasteiger partial charge in [-0.05, 0) is 30.9 Å². The molecule has 2 heterocycles. The van der Waals surface area contributed by atoms with Crippen molar-refractivity contribution in [1.29, 1.82) is 0 Å². The Kier molecular flexibility index (Phi) is 2.48. The predicted molar refractivity (Wildman–Crippen MR) is 94.8 cm³/mol. The summed E-state index contributed by atoms with van der Waals surface area (Å²) in [6.45, 7) is 0. The molecular weight excluding hydrogens is 282 g/mol. The molecule has 0 saturated heterocycles. The SMILES string of the molecule is CS(C)(C)c1cccc2c1sc1c2ccc2cc[nH]c21. The maximum absolute atomic E-state index is 3.40. The van der Waals surface area contributed by atoms with Gasteiger partial charge in [0.15, 0.2) is 0 Å². The first kappa shape index (κ1) is 12.3. The third-order valence-corrected chi connectivity index (χ3v) is 6.87. The fraction of sp³-hybridized carbons (Fsp3) is 0.176. The zero-order chi connectivity index (χ0) is 13.9. The number of thiophene rings is 1. The van der Waals surface area contributed by atoms with Gasteiger partial charge in [0.2, 0.25) is 0 Å². The van der Waals surface area contributed by atoms with E-state index in [1.54, 1.807) is 0 Å². The van der Waals surface area contributed by atoms with Gasteiger partial charge in [0.05, 0.1) is 10.2 Å². The molecule has 0 bridgehead atoms. The van der Waals surface area contributed by atoms with Gasteiger partial charge in [0.25, 0.3) is 0 Å². The van der Waals surface area contributed by atoms with Crippen molar-refractivity contribution in [3.05, 3.63) is 42.6 Å². The monoisotopic (exact) mass is 299 g/mol.